The van der Waals surface area contributed by atoms with E-state index >= 15 is 0 Å². The van der Waals surface area contributed by atoms with Crippen LogP contribution in [0.4, 0.5) is 5.82 Å². The standard InChI is InChI=1S/C14H19N5O/c15-10-12-4-3-9-19(12)14(20)11-16-7-8-18-13-5-1-2-6-17-13/h1-2,5-6,12,16H,3-4,7-9,11H2,(H,17,18). The Kier molecular flexibility index (Phi) is 5.33. The van der Waals surface area contributed by atoms with Gasteiger partial charge in [-0.05, 0) is 25.0 Å². The van der Waals surface area contributed by atoms with Crippen LogP contribution in [0.2, 0.25) is 0 Å². The second kappa shape index (κ2) is 7.46. The molecule has 1 aliphatic heterocycles. The van der Waals surface area contributed by atoms with Gasteiger partial charge >= 0.3 is 0 Å². The normalized spacial score (nSPS) is 17.8. The highest BCUT2D eigenvalue weighted by molar-refractivity contribution is 5.79. The molecule has 1 aromatic heterocycles. The summed E-state index contributed by atoms with van der Waals surface area (Å²) >= 11 is 0. The van der Waals surface area contributed by atoms with E-state index in [0.717, 1.165) is 18.7 Å². The molecule has 2 heterocycles. The molecular weight excluding hydrogens is 254 g/mol. The zero-order valence-corrected chi connectivity index (χ0v) is 11.4. The SMILES string of the molecule is N#CC1CCCN1C(=O)CNCCNc1ccccn1. The molecule has 20 heavy (non-hydrogen) atoms. The molecule has 1 aliphatic rings. The molecule has 2 N–H and O–H groups in total. The fraction of sp³-hybridized carbons (Fsp3) is 0.500. The first-order valence-electron chi connectivity index (χ1n) is 6.86. The Balaban J connectivity index is 1.61. The van der Waals surface area contributed by atoms with Crippen LogP contribution < -0.4 is 10.6 Å². The minimum absolute atomic E-state index is 0.00638. The van der Waals surface area contributed by atoms with Crippen LogP contribution in [0.15, 0.2) is 24.4 Å². The van der Waals surface area contributed by atoms with Crippen LogP contribution in [-0.4, -0.2) is 48.0 Å². The average molecular weight is 273 g/mol. The highest BCUT2D eigenvalue weighted by atomic mass is 16.2. The van der Waals surface area contributed by atoms with Gasteiger partial charge in [0.25, 0.3) is 0 Å². The summed E-state index contributed by atoms with van der Waals surface area (Å²) in [6, 6.07) is 7.61. The van der Waals surface area contributed by atoms with Crippen molar-refractivity contribution in [3.63, 3.8) is 0 Å². The summed E-state index contributed by atoms with van der Waals surface area (Å²) in [5.41, 5.74) is 0. The van der Waals surface area contributed by atoms with Gasteiger partial charge in [-0.2, -0.15) is 5.26 Å². The summed E-state index contributed by atoms with van der Waals surface area (Å²) in [4.78, 5) is 17.7. The van der Waals surface area contributed by atoms with E-state index in [1.165, 1.54) is 0 Å². The Morgan fingerprint density at radius 2 is 2.40 bits per heavy atom. The predicted octanol–water partition coefficient (Wildman–Crippen LogP) is 0.598. The van der Waals surface area contributed by atoms with Gasteiger partial charge in [-0.15, -0.1) is 0 Å². The molecule has 106 valence electrons. The molecule has 1 saturated heterocycles. The molecule has 1 fully saturated rings. The lowest BCUT2D eigenvalue weighted by atomic mass is 10.2. The van der Waals surface area contributed by atoms with Gasteiger partial charge in [-0.25, -0.2) is 4.98 Å². The Hall–Kier alpha value is -2.13. The van der Waals surface area contributed by atoms with Crippen molar-refractivity contribution in [3.8, 4) is 6.07 Å². The largest absolute Gasteiger partial charge is 0.369 e. The van der Waals surface area contributed by atoms with Gasteiger partial charge in [0.2, 0.25) is 5.91 Å². The number of amides is 1. The van der Waals surface area contributed by atoms with Crippen LogP contribution in [-0.2, 0) is 4.79 Å². The fourth-order valence-electron chi connectivity index (χ4n) is 2.24. The molecule has 2 rings (SSSR count). The number of carbonyl (C=O) groups excluding carboxylic acids is 1. The quantitative estimate of drug-likeness (QED) is 0.742. The molecule has 0 aromatic carbocycles. The van der Waals surface area contributed by atoms with Gasteiger partial charge < -0.3 is 15.5 Å². The summed E-state index contributed by atoms with van der Waals surface area (Å²) in [7, 11) is 0. The third-order valence-corrected chi connectivity index (χ3v) is 3.27. The van der Waals surface area contributed by atoms with E-state index in [9.17, 15) is 4.79 Å². The van der Waals surface area contributed by atoms with Crippen molar-refractivity contribution in [2.24, 2.45) is 0 Å². The maximum absolute atomic E-state index is 11.9. The Morgan fingerprint density at radius 1 is 1.50 bits per heavy atom. The molecule has 1 atom stereocenters. The van der Waals surface area contributed by atoms with Crippen molar-refractivity contribution in [1.82, 2.24) is 15.2 Å². The van der Waals surface area contributed by atoms with Gasteiger partial charge in [-0.1, -0.05) is 6.07 Å². The predicted molar refractivity (Wildman–Crippen MR) is 75.9 cm³/mol. The van der Waals surface area contributed by atoms with Crippen molar-refractivity contribution < 1.29 is 4.79 Å². The molecule has 1 aromatic rings. The number of nitrogens with one attached hydrogen (secondary N) is 2. The second-order valence-corrected chi connectivity index (χ2v) is 4.69. The van der Waals surface area contributed by atoms with E-state index in [1.54, 1.807) is 11.1 Å². The molecule has 0 aliphatic carbocycles. The molecule has 0 bridgehead atoms. The summed E-state index contributed by atoms with van der Waals surface area (Å²) in [6.07, 6.45) is 3.45. The molecule has 1 amide bonds. The molecule has 6 heteroatoms. The van der Waals surface area contributed by atoms with Gasteiger partial charge in [0.1, 0.15) is 11.9 Å². The van der Waals surface area contributed by atoms with Crippen molar-refractivity contribution in [2.45, 2.75) is 18.9 Å². The van der Waals surface area contributed by atoms with Crippen LogP contribution in [0, 0.1) is 11.3 Å². The van der Waals surface area contributed by atoms with Crippen molar-refractivity contribution in [3.05, 3.63) is 24.4 Å². The Labute approximate surface area is 118 Å². The van der Waals surface area contributed by atoms with Crippen LogP contribution in [0.25, 0.3) is 0 Å². The van der Waals surface area contributed by atoms with Crippen molar-refractivity contribution in [1.29, 1.82) is 5.26 Å². The zero-order valence-electron chi connectivity index (χ0n) is 11.4. The maximum atomic E-state index is 11.9. The number of carbonyl (C=O) groups is 1. The first-order chi connectivity index (χ1) is 9.81. The van der Waals surface area contributed by atoms with Gasteiger partial charge in [-0.3, -0.25) is 4.79 Å². The number of aromatic nitrogens is 1. The van der Waals surface area contributed by atoms with Crippen LogP contribution >= 0.6 is 0 Å². The van der Waals surface area contributed by atoms with Gasteiger partial charge in [0.05, 0.1) is 12.6 Å². The zero-order chi connectivity index (χ0) is 14.2. The highest BCUT2D eigenvalue weighted by Crippen LogP contribution is 2.15. The lowest BCUT2D eigenvalue weighted by Crippen LogP contribution is -2.41. The van der Waals surface area contributed by atoms with Gasteiger partial charge in [0, 0.05) is 25.8 Å². The molecule has 6 nitrogen and oxygen atoms in total. The van der Waals surface area contributed by atoms with Crippen molar-refractivity contribution in [2.75, 3.05) is 31.5 Å². The number of hydrogen-bond donors (Lipinski definition) is 2. The molecule has 0 spiro atoms. The number of likely N-dealkylation sites (tertiary alicyclic amines) is 1. The first kappa shape index (κ1) is 14.3. The Morgan fingerprint density at radius 3 is 3.15 bits per heavy atom. The number of hydrogen-bond acceptors (Lipinski definition) is 5. The third kappa shape index (κ3) is 3.93. The average Bonchev–Trinajstić information content (AvgIpc) is 2.96. The van der Waals surface area contributed by atoms with Crippen LogP contribution in [0.1, 0.15) is 12.8 Å². The minimum Gasteiger partial charge on any atom is -0.369 e. The molecule has 0 saturated carbocycles. The summed E-state index contributed by atoms with van der Waals surface area (Å²) in [5.74, 6) is 0.830. The number of anilines is 1. The number of nitriles is 1. The molecule has 1 unspecified atom stereocenters. The number of rotatable bonds is 6. The molecular formula is C14H19N5O. The highest BCUT2D eigenvalue weighted by Gasteiger charge is 2.27. The third-order valence-electron chi connectivity index (χ3n) is 3.27. The smallest absolute Gasteiger partial charge is 0.237 e. The summed E-state index contributed by atoms with van der Waals surface area (Å²) in [5, 5.41) is 15.2. The lowest BCUT2D eigenvalue weighted by Gasteiger charge is -2.19. The summed E-state index contributed by atoms with van der Waals surface area (Å²) < 4.78 is 0. The van der Waals surface area contributed by atoms with E-state index in [-0.39, 0.29) is 18.5 Å². The van der Waals surface area contributed by atoms with E-state index in [1.807, 2.05) is 18.2 Å². The summed E-state index contributed by atoms with van der Waals surface area (Å²) in [6.45, 7) is 2.35. The minimum atomic E-state index is -0.240. The van der Waals surface area contributed by atoms with E-state index in [2.05, 4.69) is 21.7 Å². The molecule has 0 radical (unpaired) electrons. The van der Waals surface area contributed by atoms with E-state index < -0.39 is 0 Å². The fourth-order valence-corrected chi connectivity index (χ4v) is 2.24. The number of nitrogens with zero attached hydrogens (tertiary/aromatic N) is 3. The maximum Gasteiger partial charge on any atom is 0.237 e. The number of pyridine rings is 1. The van der Waals surface area contributed by atoms with Crippen LogP contribution in [0.5, 0.6) is 0 Å². The topological polar surface area (TPSA) is 81.0 Å². The monoisotopic (exact) mass is 273 g/mol. The van der Waals surface area contributed by atoms with E-state index in [0.29, 0.717) is 19.6 Å². The van der Waals surface area contributed by atoms with Crippen molar-refractivity contribution >= 4 is 11.7 Å². The Bertz CT molecular complexity index is 470. The second-order valence-electron chi connectivity index (χ2n) is 4.69. The van der Waals surface area contributed by atoms with E-state index in [4.69, 9.17) is 5.26 Å². The first-order valence-corrected chi connectivity index (χ1v) is 6.86. The lowest BCUT2D eigenvalue weighted by molar-refractivity contribution is -0.130. The van der Waals surface area contributed by atoms with Crippen LogP contribution in [0.3, 0.4) is 0 Å². The van der Waals surface area contributed by atoms with Gasteiger partial charge in [0.15, 0.2) is 0 Å².